The minimum atomic E-state index is -4.72. The lowest BCUT2D eigenvalue weighted by Crippen LogP contribution is -2.15. The van der Waals surface area contributed by atoms with Gasteiger partial charge in [-0.25, -0.2) is 13.2 Å². The van der Waals surface area contributed by atoms with Crippen LogP contribution in [-0.4, -0.2) is 21.5 Å². The molecule has 0 aliphatic rings. The zero-order chi connectivity index (χ0) is 22.8. The van der Waals surface area contributed by atoms with Crippen LogP contribution >= 0.6 is 27.3 Å². The first-order valence-corrected chi connectivity index (χ1v) is 11.5. The molecule has 2 aromatic carbocycles. The molecule has 0 atom stereocenters. The molecule has 0 saturated heterocycles. The number of alkyl halides is 3. The van der Waals surface area contributed by atoms with E-state index < -0.39 is 33.4 Å². The van der Waals surface area contributed by atoms with Gasteiger partial charge in [0.05, 0.1) is 18.4 Å². The van der Waals surface area contributed by atoms with Gasteiger partial charge >= 0.3 is 12.1 Å². The SMILES string of the molecule is COC(=O)c1sccc1Oc1ccc(C(F)(F)F)cc1NS(=O)(=O)c1ccccc1Br. The van der Waals surface area contributed by atoms with Crippen molar-refractivity contribution >= 4 is 48.9 Å². The van der Waals surface area contributed by atoms with Crippen molar-refractivity contribution < 1.29 is 35.9 Å². The van der Waals surface area contributed by atoms with Crippen LogP contribution in [0.25, 0.3) is 0 Å². The number of carbonyl (C=O) groups is 1. The lowest BCUT2D eigenvalue weighted by Gasteiger charge is -2.16. The first kappa shape index (κ1) is 23.1. The number of hydrogen-bond donors (Lipinski definition) is 1. The summed E-state index contributed by atoms with van der Waals surface area (Å²) in [7, 11) is -3.10. The second-order valence-corrected chi connectivity index (χ2v) is 9.37. The van der Waals surface area contributed by atoms with Crippen LogP contribution in [0.4, 0.5) is 18.9 Å². The van der Waals surface area contributed by atoms with Gasteiger partial charge in [0.2, 0.25) is 0 Å². The van der Waals surface area contributed by atoms with E-state index in [1.54, 1.807) is 6.07 Å². The number of anilines is 1. The summed E-state index contributed by atoms with van der Waals surface area (Å²) in [6.45, 7) is 0. The minimum absolute atomic E-state index is 0.0120. The highest BCUT2D eigenvalue weighted by molar-refractivity contribution is 9.10. The van der Waals surface area contributed by atoms with Gasteiger partial charge in [-0.2, -0.15) is 13.2 Å². The van der Waals surface area contributed by atoms with E-state index in [4.69, 9.17) is 4.74 Å². The van der Waals surface area contributed by atoms with Gasteiger partial charge < -0.3 is 9.47 Å². The third-order valence-corrected chi connectivity index (χ3v) is 7.15. The molecule has 0 bridgehead atoms. The fourth-order valence-corrected chi connectivity index (χ4v) is 5.27. The molecule has 164 valence electrons. The van der Waals surface area contributed by atoms with Crippen molar-refractivity contribution in [3.05, 3.63) is 68.8 Å². The van der Waals surface area contributed by atoms with Crippen LogP contribution in [0.1, 0.15) is 15.2 Å². The molecule has 31 heavy (non-hydrogen) atoms. The molecule has 1 heterocycles. The summed E-state index contributed by atoms with van der Waals surface area (Å²) in [6, 6.07) is 9.58. The Morgan fingerprint density at radius 1 is 1.10 bits per heavy atom. The molecular weight excluding hydrogens is 523 g/mol. The van der Waals surface area contributed by atoms with Crippen LogP contribution in [0.5, 0.6) is 11.5 Å². The maximum atomic E-state index is 13.2. The highest BCUT2D eigenvalue weighted by atomic mass is 79.9. The molecule has 12 heteroatoms. The average molecular weight is 536 g/mol. The first-order valence-electron chi connectivity index (χ1n) is 8.35. The van der Waals surface area contributed by atoms with Gasteiger partial charge in [-0.1, -0.05) is 12.1 Å². The lowest BCUT2D eigenvalue weighted by molar-refractivity contribution is -0.137. The molecule has 0 amide bonds. The number of carbonyl (C=O) groups excluding carboxylic acids is 1. The summed E-state index contributed by atoms with van der Waals surface area (Å²) in [4.78, 5) is 11.7. The molecule has 0 aliphatic carbocycles. The van der Waals surface area contributed by atoms with E-state index >= 15 is 0 Å². The van der Waals surface area contributed by atoms with Crippen molar-refractivity contribution in [2.45, 2.75) is 11.1 Å². The maximum absolute atomic E-state index is 13.2. The molecule has 0 unspecified atom stereocenters. The van der Waals surface area contributed by atoms with E-state index in [2.05, 4.69) is 25.4 Å². The molecule has 1 aromatic heterocycles. The molecule has 0 spiro atoms. The number of thiophene rings is 1. The zero-order valence-corrected chi connectivity index (χ0v) is 18.8. The molecule has 3 aromatic rings. The van der Waals surface area contributed by atoms with Crippen molar-refractivity contribution in [3.63, 3.8) is 0 Å². The Labute approximate surface area is 187 Å². The Hall–Kier alpha value is -2.57. The summed E-state index contributed by atoms with van der Waals surface area (Å²) in [5, 5.41) is 1.52. The monoisotopic (exact) mass is 535 g/mol. The van der Waals surface area contributed by atoms with E-state index in [0.717, 1.165) is 23.5 Å². The molecule has 6 nitrogen and oxygen atoms in total. The zero-order valence-electron chi connectivity index (χ0n) is 15.6. The summed E-state index contributed by atoms with van der Waals surface area (Å²) in [5.41, 5.74) is -1.53. The predicted molar refractivity (Wildman–Crippen MR) is 112 cm³/mol. The normalized spacial score (nSPS) is 11.8. The summed E-state index contributed by atoms with van der Waals surface area (Å²) in [6.07, 6.45) is -4.72. The molecule has 1 N–H and O–H groups in total. The molecular formula is C19H13BrF3NO5S2. The second kappa shape index (κ2) is 8.89. The fourth-order valence-electron chi connectivity index (χ4n) is 2.48. The van der Waals surface area contributed by atoms with Crippen molar-refractivity contribution in [1.82, 2.24) is 0 Å². The van der Waals surface area contributed by atoms with Gasteiger partial charge in [0.15, 0.2) is 16.4 Å². The molecule has 0 saturated carbocycles. The van der Waals surface area contributed by atoms with Crippen molar-refractivity contribution in [1.29, 1.82) is 0 Å². The van der Waals surface area contributed by atoms with Gasteiger partial charge in [-0.3, -0.25) is 4.72 Å². The number of sulfonamides is 1. The van der Waals surface area contributed by atoms with E-state index in [1.165, 1.54) is 36.8 Å². The van der Waals surface area contributed by atoms with Gasteiger partial charge in [0, 0.05) is 4.47 Å². The Balaban J connectivity index is 2.06. The van der Waals surface area contributed by atoms with Gasteiger partial charge in [0.1, 0.15) is 4.90 Å². The number of benzene rings is 2. The number of halogens is 4. The van der Waals surface area contributed by atoms with Crippen LogP contribution in [-0.2, 0) is 20.9 Å². The van der Waals surface area contributed by atoms with Crippen LogP contribution in [0.15, 0.2) is 63.3 Å². The Morgan fingerprint density at radius 2 is 1.81 bits per heavy atom. The maximum Gasteiger partial charge on any atom is 0.416 e. The van der Waals surface area contributed by atoms with Crippen LogP contribution < -0.4 is 9.46 Å². The van der Waals surface area contributed by atoms with E-state index in [0.29, 0.717) is 6.07 Å². The Kier molecular flexibility index (Phi) is 6.62. The second-order valence-electron chi connectivity index (χ2n) is 5.95. The third-order valence-electron chi connectivity index (χ3n) is 3.90. The standard InChI is InChI=1S/C19H13BrF3NO5S2/c1-28-18(25)17-15(8-9-30-17)29-14-7-6-11(19(21,22)23)10-13(14)24-31(26,27)16-5-3-2-4-12(16)20/h2-10,24H,1H3. The highest BCUT2D eigenvalue weighted by Gasteiger charge is 2.32. The number of esters is 1. The van der Waals surface area contributed by atoms with Crippen LogP contribution in [0.3, 0.4) is 0 Å². The third kappa shape index (κ3) is 5.20. The van der Waals surface area contributed by atoms with Crippen LogP contribution in [0.2, 0.25) is 0 Å². The summed E-state index contributed by atoms with van der Waals surface area (Å²) < 4.78 is 77.9. The van der Waals surface area contributed by atoms with Crippen LogP contribution in [0, 0.1) is 0 Å². The van der Waals surface area contributed by atoms with Gasteiger partial charge in [-0.05, 0) is 57.7 Å². The van der Waals surface area contributed by atoms with Crippen molar-refractivity contribution in [2.75, 3.05) is 11.8 Å². The first-order chi connectivity index (χ1) is 14.5. The van der Waals surface area contributed by atoms with Gasteiger partial charge in [0.25, 0.3) is 10.0 Å². The largest absolute Gasteiger partial charge is 0.465 e. The fraction of sp³-hybridized carbons (Fsp3) is 0.105. The average Bonchev–Trinajstić information content (AvgIpc) is 3.16. The van der Waals surface area contributed by atoms with Gasteiger partial charge in [-0.15, -0.1) is 11.3 Å². The van der Waals surface area contributed by atoms with Crippen molar-refractivity contribution in [2.24, 2.45) is 0 Å². The number of ether oxygens (including phenoxy) is 2. The topological polar surface area (TPSA) is 81.7 Å². The minimum Gasteiger partial charge on any atom is -0.465 e. The molecule has 0 radical (unpaired) electrons. The van der Waals surface area contributed by atoms with E-state index in [9.17, 15) is 26.4 Å². The van der Waals surface area contributed by atoms with Crippen molar-refractivity contribution in [3.8, 4) is 11.5 Å². The lowest BCUT2D eigenvalue weighted by atomic mass is 10.2. The molecule has 3 rings (SSSR count). The van der Waals surface area contributed by atoms with E-state index in [1.807, 2.05) is 0 Å². The highest BCUT2D eigenvalue weighted by Crippen LogP contribution is 2.39. The summed E-state index contributed by atoms with van der Waals surface area (Å²) >= 11 is 4.11. The molecule has 0 aliphatic heterocycles. The molecule has 0 fully saturated rings. The Morgan fingerprint density at radius 3 is 2.45 bits per heavy atom. The summed E-state index contributed by atoms with van der Waals surface area (Å²) in [5.74, 6) is -0.919. The number of nitrogens with one attached hydrogen (secondary N) is 1. The predicted octanol–water partition coefficient (Wildman–Crippen LogP) is 5.91. The number of rotatable bonds is 6. The number of hydrogen-bond acceptors (Lipinski definition) is 6. The quantitative estimate of drug-likeness (QED) is 0.397. The number of methoxy groups -OCH3 is 1. The Bertz CT molecular complexity index is 1230. The smallest absolute Gasteiger partial charge is 0.416 e. The van der Waals surface area contributed by atoms with E-state index in [-0.39, 0.29) is 25.7 Å².